The van der Waals surface area contributed by atoms with Crippen molar-refractivity contribution in [2.75, 3.05) is 5.32 Å². The molecule has 102 valence electrons. The summed E-state index contributed by atoms with van der Waals surface area (Å²) in [6, 6.07) is 4.36. The lowest BCUT2D eigenvalue weighted by atomic mass is 10.2. The highest BCUT2D eigenvalue weighted by Gasteiger charge is 2.17. The van der Waals surface area contributed by atoms with E-state index in [-0.39, 0.29) is 17.4 Å². The summed E-state index contributed by atoms with van der Waals surface area (Å²) in [5.41, 5.74) is -0.515. The first-order valence-electron chi connectivity index (χ1n) is 5.97. The number of hydrogen-bond donors (Lipinski definition) is 2. The number of aromatic nitrogens is 3. The van der Waals surface area contributed by atoms with Crippen molar-refractivity contribution < 1.29 is 4.92 Å². The zero-order valence-corrected chi connectivity index (χ0v) is 10.7. The second-order valence-electron chi connectivity index (χ2n) is 4.01. The van der Waals surface area contributed by atoms with Gasteiger partial charge in [-0.2, -0.15) is 5.26 Å². The molecule has 2 N–H and O–H groups in total. The summed E-state index contributed by atoms with van der Waals surface area (Å²) in [6.07, 6.45) is 4.10. The van der Waals surface area contributed by atoms with Gasteiger partial charge in [-0.05, 0) is 12.5 Å². The van der Waals surface area contributed by atoms with Crippen molar-refractivity contribution in [2.24, 2.45) is 0 Å². The number of nitriles is 1. The van der Waals surface area contributed by atoms with Crippen molar-refractivity contribution in [2.45, 2.75) is 19.4 Å². The molecule has 0 aromatic carbocycles. The van der Waals surface area contributed by atoms with E-state index >= 15 is 0 Å². The standard InChI is InChI=1S/C12H12N6O2/c1-2-8(12-14-5-6-15-12)16-11-4-3-10(18(19)20)9(7-13)17-11/h3-6,8H,2H2,1H3,(H,14,15)(H,16,17). The predicted molar refractivity (Wildman–Crippen MR) is 70.8 cm³/mol. The lowest BCUT2D eigenvalue weighted by Crippen LogP contribution is -2.13. The quantitative estimate of drug-likeness (QED) is 0.635. The zero-order chi connectivity index (χ0) is 14.5. The first-order chi connectivity index (χ1) is 9.65. The van der Waals surface area contributed by atoms with Gasteiger partial charge in [-0.15, -0.1) is 0 Å². The third kappa shape index (κ3) is 2.72. The Kier molecular flexibility index (Phi) is 3.91. The maximum atomic E-state index is 10.7. The van der Waals surface area contributed by atoms with Gasteiger partial charge >= 0.3 is 5.69 Å². The van der Waals surface area contributed by atoms with Gasteiger partial charge in [-0.1, -0.05) is 6.92 Å². The monoisotopic (exact) mass is 272 g/mol. The van der Waals surface area contributed by atoms with Crippen LogP contribution in [0.3, 0.4) is 0 Å². The van der Waals surface area contributed by atoms with Crippen LogP contribution in [0.5, 0.6) is 0 Å². The molecule has 0 aliphatic carbocycles. The van der Waals surface area contributed by atoms with Gasteiger partial charge in [0.1, 0.15) is 17.7 Å². The minimum Gasteiger partial charge on any atom is -0.360 e. The van der Waals surface area contributed by atoms with Gasteiger partial charge in [-0.25, -0.2) is 9.97 Å². The Balaban J connectivity index is 2.26. The van der Waals surface area contributed by atoms with E-state index in [0.717, 1.165) is 12.2 Å². The van der Waals surface area contributed by atoms with E-state index < -0.39 is 4.92 Å². The molecule has 0 bridgehead atoms. The normalized spacial score (nSPS) is 11.6. The highest BCUT2D eigenvalue weighted by atomic mass is 16.6. The number of aromatic amines is 1. The molecule has 0 aliphatic rings. The van der Waals surface area contributed by atoms with E-state index in [1.165, 1.54) is 12.1 Å². The van der Waals surface area contributed by atoms with Crippen molar-refractivity contribution in [1.29, 1.82) is 5.26 Å². The number of hydrogen-bond acceptors (Lipinski definition) is 6. The Morgan fingerprint density at radius 3 is 2.95 bits per heavy atom. The van der Waals surface area contributed by atoms with Gasteiger partial charge in [0.15, 0.2) is 0 Å². The Hall–Kier alpha value is -2.95. The largest absolute Gasteiger partial charge is 0.360 e. The maximum Gasteiger partial charge on any atom is 0.305 e. The highest BCUT2D eigenvalue weighted by molar-refractivity contribution is 5.50. The van der Waals surface area contributed by atoms with E-state index in [2.05, 4.69) is 20.3 Å². The van der Waals surface area contributed by atoms with Gasteiger partial charge in [0.25, 0.3) is 0 Å². The molecule has 2 aromatic rings. The molecule has 8 heteroatoms. The van der Waals surface area contributed by atoms with Crippen LogP contribution in [0.1, 0.15) is 30.9 Å². The van der Waals surface area contributed by atoms with Crippen LogP contribution in [0.2, 0.25) is 0 Å². The third-order valence-electron chi connectivity index (χ3n) is 2.76. The lowest BCUT2D eigenvalue weighted by molar-refractivity contribution is -0.385. The molecule has 0 saturated carbocycles. The molecular formula is C12H12N6O2. The van der Waals surface area contributed by atoms with Crippen LogP contribution < -0.4 is 5.32 Å². The van der Waals surface area contributed by atoms with Gasteiger partial charge in [0.2, 0.25) is 5.69 Å². The van der Waals surface area contributed by atoms with Crippen molar-refractivity contribution in [3.05, 3.63) is 46.2 Å². The van der Waals surface area contributed by atoms with E-state index in [9.17, 15) is 10.1 Å². The number of H-pyrrole nitrogens is 1. The fourth-order valence-corrected chi connectivity index (χ4v) is 1.77. The van der Waals surface area contributed by atoms with E-state index in [0.29, 0.717) is 5.82 Å². The number of rotatable bonds is 5. The number of pyridine rings is 1. The van der Waals surface area contributed by atoms with Crippen LogP contribution in [-0.2, 0) is 0 Å². The molecule has 0 saturated heterocycles. The van der Waals surface area contributed by atoms with E-state index in [1.807, 2.05) is 6.92 Å². The second-order valence-corrected chi connectivity index (χ2v) is 4.01. The fraction of sp³-hybridized carbons (Fsp3) is 0.250. The van der Waals surface area contributed by atoms with Crippen LogP contribution in [0.4, 0.5) is 11.5 Å². The van der Waals surface area contributed by atoms with E-state index in [1.54, 1.807) is 18.5 Å². The molecule has 0 fully saturated rings. The molecule has 8 nitrogen and oxygen atoms in total. The number of nitrogens with zero attached hydrogens (tertiary/aromatic N) is 4. The molecular weight excluding hydrogens is 260 g/mol. The average Bonchev–Trinajstić information content (AvgIpc) is 2.98. The van der Waals surface area contributed by atoms with Crippen LogP contribution >= 0.6 is 0 Å². The topological polar surface area (TPSA) is 121 Å². The van der Waals surface area contributed by atoms with Gasteiger partial charge in [0.05, 0.1) is 11.0 Å². The number of nitrogens with one attached hydrogen (secondary N) is 2. The Morgan fingerprint density at radius 1 is 1.60 bits per heavy atom. The van der Waals surface area contributed by atoms with Gasteiger partial charge in [-0.3, -0.25) is 10.1 Å². The Bertz CT molecular complexity index is 646. The summed E-state index contributed by atoms with van der Waals surface area (Å²) in [5, 5.41) is 22.7. The van der Waals surface area contributed by atoms with Crippen molar-refractivity contribution >= 4 is 11.5 Å². The SMILES string of the molecule is CCC(Nc1ccc([N+](=O)[O-])c(C#N)n1)c1ncc[nH]1. The predicted octanol–water partition coefficient (Wildman–Crippen LogP) is 2.15. The summed E-state index contributed by atoms with van der Waals surface area (Å²) in [4.78, 5) is 21.2. The lowest BCUT2D eigenvalue weighted by Gasteiger charge is -2.15. The minimum atomic E-state index is -0.626. The van der Waals surface area contributed by atoms with E-state index in [4.69, 9.17) is 5.26 Å². The smallest absolute Gasteiger partial charge is 0.305 e. The summed E-state index contributed by atoms with van der Waals surface area (Å²) in [6.45, 7) is 1.97. The first-order valence-corrected chi connectivity index (χ1v) is 5.97. The van der Waals surface area contributed by atoms with Crippen LogP contribution in [0, 0.1) is 21.4 Å². The number of anilines is 1. The number of nitro groups is 1. The molecule has 0 amide bonds. The molecule has 0 radical (unpaired) electrons. The molecule has 2 rings (SSSR count). The molecule has 1 atom stereocenters. The van der Waals surface area contributed by atoms with Gasteiger partial charge < -0.3 is 10.3 Å². The molecule has 2 heterocycles. The molecule has 20 heavy (non-hydrogen) atoms. The van der Waals surface area contributed by atoms with Crippen molar-refractivity contribution in [3.8, 4) is 6.07 Å². The number of imidazole rings is 1. The summed E-state index contributed by atoms with van der Waals surface area (Å²) in [7, 11) is 0. The summed E-state index contributed by atoms with van der Waals surface area (Å²) < 4.78 is 0. The minimum absolute atomic E-state index is 0.106. The van der Waals surface area contributed by atoms with Crippen molar-refractivity contribution in [1.82, 2.24) is 15.0 Å². The zero-order valence-electron chi connectivity index (χ0n) is 10.7. The second kappa shape index (κ2) is 5.79. The van der Waals surface area contributed by atoms with Crippen LogP contribution in [0.25, 0.3) is 0 Å². The summed E-state index contributed by atoms with van der Waals surface area (Å²) >= 11 is 0. The summed E-state index contributed by atoms with van der Waals surface area (Å²) in [5.74, 6) is 1.14. The average molecular weight is 272 g/mol. The molecule has 0 spiro atoms. The Morgan fingerprint density at radius 2 is 2.40 bits per heavy atom. The Labute approximate surface area is 114 Å². The van der Waals surface area contributed by atoms with Crippen LogP contribution in [-0.4, -0.2) is 19.9 Å². The molecule has 0 aliphatic heterocycles. The third-order valence-corrected chi connectivity index (χ3v) is 2.76. The highest BCUT2D eigenvalue weighted by Crippen LogP contribution is 2.22. The fourth-order valence-electron chi connectivity index (χ4n) is 1.77. The maximum absolute atomic E-state index is 10.7. The molecule has 1 unspecified atom stereocenters. The first kappa shape index (κ1) is 13.5. The van der Waals surface area contributed by atoms with Crippen LogP contribution in [0.15, 0.2) is 24.5 Å². The van der Waals surface area contributed by atoms with Gasteiger partial charge in [0, 0.05) is 18.5 Å². The molecule has 2 aromatic heterocycles. The van der Waals surface area contributed by atoms with Crippen molar-refractivity contribution in [3.63, 3.8) is 0 Å².